The van der Waals surface area contributed by atoms with Crippen LogP contribution in [0.3, 0.4) is 0 Å². The van der Waals surface area contributed by atoms with E-state index in [9.17, 15) is 14.4 Å². The van der Waals surface area contributed by atoms with E-state index in [0.29, 0.717) is 35.2 Å². The Labute approximate surface area is 161 Å². The molecule has 7 nitrogen and oxygen atoms in total. The zero-order chi connectivity index (χ0) is 19.5. The molecule has 1 aromatic heterocycles. The molecule has 1 saturated heterocycles. The minimum Gasteiger partial charge on any atom is -0.324 e. The van der Waals surface area contributed by atoms with Crippen molar-refractivity contribution in [2.75, 3.05) is 16.8 Å². The van der Waals surface area contributed by atoms with Crippen molar-refractivity contribution in [3.8, 4) is 0 Å². The molecule has 2 amide bonds. The van der Waals surface area contributed by atoms with Crippen molar-refractivity contribution >= 4 is 34.1 Å². The molecular formula is C21H20N4O3. The topological polar surface area (TPSA) is 84.3 Å². The summed E-state index contributed by atoms with van der Waals surface area (Å²) in [6, 6.07) is 14.4. The first-order valence-electron chi connectivity index (χ1n) is 9.27. The van der Waals surface area contributed by atoms with E-state index >= 15 is 0 Å². The van der Waals surface area contributed by atoms with E-state index in [1.54, 1.807) is 29.2 Å². The van der Waals surface area contributed by atoms with Gasteiger partial charge in [0, 0.05) is 25.9 Å². The summed E-state index contributed by atoms with van der Waals surface area (Å²) >= 11 is 0. The Morgan fingerprint density at radius 1 is 1.07 bits per heavy atom. The number of carbonyl (C=O) groups excluding carboxylic acids is 2. The lowest BCUT2D eigenvalue weighted by Crippen LogP contribution is -2.26. The summed E-state index contributed by atoms with van der Waals surface area (Å²) in [6.45, 7) is 0.886. The fourth-order valence-electron chi connectivity index (χ4n) is 3.42. The number of rotatable bonds is 5. The largest absolute Gasteiger partial charge is 0.324 e. The fourth-order valence-corrected chi connectivity index (χ4v) is 3.42. The average Bonchev–Trinajstić information content (AvgIpc) is 3.14. The van der Waals surface area contributed by atoms with Gasteiger partial charge in [-0.3, -0.25) is 19.0 Å². The molecule has 0 aliphatic carbocycles. The lowest BCUT2D eigenvalue weighted by atomic mass is 10.2. The lowest BCUT2D eigenvalue weighted by Gasteiger charge is -2.20. The molecule has 1 N–H and O–H groups in total. The minimum absolute atomic E-state index is 0.0653. The zero-order valence-corrected chi connectivity index (χ0v) is 15.3. The summed E-state index contributed by atoms with van der Waals surface area (Å²) in [5.74, 6) is -0.158. The Morgan fingerprint density at radius 3 is 2.68 bits per heavy atom. The van der Waals surface area contributed by atoms with E-state index in [2.05, 4.69) is 10.3 Å². The highest BCUT2D eigenvalue weighted by Crippen LogP contribution is 2.29. The maximum atomic E-state index is 12.5. The molecule has 2 heterocycles. The molecule has 1 fully saturated rings. The van der Waals surface area contributed by atoms with Crippen molar-refractivity contribution in [1.82, 2.24) is 9.55 Å². The molecule has 0 bridgehead atoms. The second-order valence-corrected chi connectivity index (χ2v) is 6.72. The number of carbonyl (C=O) groups is 2. The number of aromatic nitrogens is 2. The molecular weight excluding hydrogens is 356 g/mol. The van der Waals surface area contributed by atoms with E-state index in [-0.39, 0.29) is 30.3 Å². The number of aryl methyl sites for hydroxylation is 1. The molecule has 0 spiro atoms. The van der Waals surface area contributed by atoms with Gasteiger partial charge in [0.05, 0.1) is 28.6 Å². The second kappa shape index (κ2) is 7.64. The molecule has 3 aromatic rings. The van der Waals surface area contributed by atoms with Crippen molar-refractivity contribution < 1.29 is 9.59 Å². The Balaban J connectivity index is 1.47. The maximum absolute atomic E-state index is 12.5. The highest BCUT2D eigenvalue weighted by Gasteiger charge is 2.24. The fraction of sp³-hybridized carbons (Fsp3) is 0.238. The number of benzene rings is 2. The van der Waals surface area contributed by atoms with Crippen LogP contribution in [0.2, 0.25) is 0 Å². The number of hydrogen-bond acceptors (Lipinski definition) is 4. The maximum Gasteiger partial charge on any atom is 0.261 e. The van der Waals surface area contributed by atoms with Crippen LogP contribution in [0.15, 0.2) is 59.7 Å². The average molecular weight is 376 g/mol. The third kappa shape index (κ3) is 3.51. The van der Waals surface area contributed by atoms with E-state index in [1.807, 2.05) is 24.3 Å². The van der Waals surface area contributed by atoms with Crippen LogP contribution in [0.4, 0.5) is 11.4 Å². The highest BCUT2D eigenvalue weighted by atomic mass is 16.2. The predicted molar refractivity (Wildman–Crippen MR) is 107 cm³/mol. The summed E-state index contributed by atoms with van der Waals surface area (Å²) < 4.78 is 1.44. The van der Waals surface area contributed by atoms with E-state index in [1.165, 1.54) is 10.9 Å². The Bertz CT molecular complexity index is 1110. The van der Waals surface area contributed by atoms with Crippen LogP contribution < -0.4 is 15.8 Å². The van der Waals surface area contributed by atoms with Crippen LogP contribution in [-0.4, -0.2) is 27.9 Å². The molecule has 28 heavy (non-hydrogen) atoms. The summed E-state index contributed by atoms with van der Waals surface area (Å²) in [4.78, 5) is 43.0. The molecule has 1 aliphatic rings. The van der Waals surface area contributed by atoms with Gasteiger partial charge >= 0.3 is 0 Å². The van der Waals surface area contributed by atoms with E-state index in [0.717, 1.165) is 6.42 Å². The predicted octanol–water partition coefficient (Wildman–Crippen LogP) is 2.55. The van der Waals surface area contributed by atoms with Crippen molar-refractivity contribution in [1.29, 1.82) is 0 Å². The van der Waals surface area contributed by atoms with Gasteiger partial charge in [-0.1, -0.05) is 24.3 Å². The quantitative estimate of drug-likeness (QED) is 0.742. The zero-order valence-electron chi connectivity index (χ0n) is 15.3. The minimum atomic E-state index is -0.223. The number of nitrogens with zero attached hydrogens (tertiary/aromatic N) is 3. The molecule has 0 atom stereocenters. The number of nitrogens with one attached hydrogen (secondary N) is 1. The first kappa shape index (κ1) is 17.9. The smallest absolute Gasteiger partial charge is 0.261 e. The molecule has 2 aromatic carbocycles. The van der Waals surface area contributed by atoms with Crippen LogP contribution in [0.25, 0.3) is 10.9 Å². The third-order valence-electron chi connectivity index (χ3n) is 4.85. The number of fused-ring (bicyclic) bond motifs is 1. The van der Waals surface area contributed by atoms with Gasteiger partial charge in [-0.2, -0.15) is 0 Å². The van der Waals surface area contributed by atoms with E-state index in [4.69, 9.17) is 0 Å². The number of anilines is 2. The van der Waals surface area contributed by atoms with Gasteiger partial charge in [-0.25, -0.2) is 4.98 Å². The number of amides is 2. The van der Waals surface area contributed by atoms with Crippen LogP contribution >= 0.6 is 0 Å². The van der Waals surface area contributed by atoms with Gasteiger partial charge in [0.25, 0.3) is 5.56 Å². The molecule has 1 aliphatic heterocycles. The SMILES string of the molecule is O=C(CCn1cnc2ccccc2c1=O)Nc1ccccc1N1CCCC1=O. The molecule has 7 heteroatoms. The molecule has 0 radical (unpaired) electrons. The molecule has 142 valence electrons. The van der Waals surface area contributed by atoms with E-state index < -0.39 is 0 Å². The summed E-state index contributed by atoms with van der Waals surface area (Å²) in [7, 11) is 0. The van der Waals surface area contributed by atoms with Crippen LogP contribution in [-0.2, 0) is 16.1 Å². The Kier molecular flexibility index (Phi) is 4.89. The summed E-state index contributed by atoms with van der Waals surface area (Å²) in [5, 5.41) is 3.40. The molecule has 0 saturated carbocycles. The van der Waals surface area contributed by atoms with Crippen molar-refractivity contribution in [3.63, 3.8) is 0 Å². The molecule has 0 unspecified atom stereocenters. The van der Waals surface area contributed by atoms with Crippen molar-refractivity contribution in [3.05, 3.63) is 65.2 Å². The number of hydrogen-bond donors (Lipinski definition) is 1. The lowest BCUT2D eigenvalue weighted by molar-refractivity contribution is -0.117. The molecule has 4 rings (SSSR count). The van der Waals surface area contributed by atoms with Gasteiger partial charge < -0.3 is 10.2 Å². The van der Waals surface area contributed by atoms with Crippen LogP contribution in [0.5, 0.6) is 0 Å². The highest BCUT2D eigenvalue weighted by molar-refractivity contribution is 6.02. The Hall–Kier alpha value is -3.48. The van der Waals surface area contributed by atoms with Gasteiger partial charge in [0.15, 0.2) is 0 Å². The summed E-state index contributed by atoms with van der Waals surface area (Å²) in [5.41, 5.74) is 1.79. The number of para-hydroxylation sites is 3. The third-order valence-corrected chi connectivity index (χ3v) is 4.85. The van der Waals surface area contributed by atoms with Crippen molar-refractivity contribution in [2.45, 2.75) is 25.8 Å². The standard InChI is InChI=1S/C21H20N4O3/c26-19(11-13-24-14-22-16-7-2-1-6-15(16)21(24)28)23-17-8-3-4-9-18(17)25-12-5-10-20(25)27/h1-4,6-9,14H,5,10-13H2,(H,23,26). The monoisotopic (exact) mass is 376 g/mol. The normalized spacial score (nSPS) is 13.9. The second-order valence-electron chi connectivity index (χ2n) is 6.72. The van der Waals surface area contributed by atoms with Gasteiger partial charge in [0.2, 0.25) is 11.8 Å². The van der Waals surface area contributed by atoms with Crippen molar-refractivity contribution in [2.24, 2.45) is 0 Å². The van der Waals surface area contributed by atoms with Gasteiger partial charge in [-0.15, -0.1) is 0 Å². The van der Waals surface area contributed by atoms with Crippen LogP contribution in [0, 0.1) is 0 Å². The van der Waals surface area contributed by atoms with Gasteiger partial charge in [0.1, 0.15) is 0 Å². The van der Waals surface area contributed by atoms with Gasteiger partial charge in [-0.05, 0) is 30.7 Å². The van der Waals surface area contributed by atoms with Crippen LogP contribution in [0.1, 0.15) is 19.3 Å². The Morgan fingerprint density at radius 2 is 1.86 bits per heavy atom. The first-order valence-corrected chi connectivity index (χ1v) is 9.27. The summed E-state index contributed by atoms with van der Waals surface area (Å²) in [6.07, 6.45) is 2.94. The first-order chi connectivity index (χ1) is 13.6.